The zero-order valence-electron chi connectivity index (χ0n) is 16.9. The molecule has 156 valence electrons. The Kier molecular flexibility index (Phi) is 5.52. The van der Waals surface area contributed by atoms with Crippen LogP contribution >= 0.6 is 23.2 Å². The van der Waals surface area contributed by atoms with Gasteiger partial charge in [-0.1, -0.05) is 77.8 Å². The fraction of sp³-hybridized carbons (Fsp3) is 0.222. The quantitative estimate of drug-likeness (QED) is 0.462. The van der Waals surface area contributed by atoms with E-state index in [0.717, 1.165) is 34.3 Å². The third-order valence-electron chi connectivity index (χ3n) is 6.47. The standard InChI is InChI=1S/C27H22Cl2O2/c28-23-10-6-18(7-11-23)25(19-8-12-24(29)13-9-19)14-21-16-31-17-22-15-26(27(21,22)30)20-4-2-1-3-5-20/h1-13,22,26,30H,15-17H2/t22-,26+,27-/m0/s1. The van der Waals surface area contributed by atoms with Crippen LogP contribution in [0.4, 0.5) is 0 Å². The lowest BCUT2D eigenvalue weighted by Crippen LogP contribution is -2.60. The molecule has 1 N–H and O–H groups in total. The molecule has 2 nitrogen and oxygen atoms in total. The van der Waals surface area contributed by atoms with Crippen LogP contribution in [0.15, 0.2) is 90.2 Å². The fourth-order valence-electron chi connectivity index (χ4n) is 4.75. The van der Waals surface area contributed by atoms with E-state index in [1.807, 2.05) is 66.7 Å². The summed E-state index contributed by atoms with van der Waals surface area (Å²) in [4.78, 5) is 0. The zero-order chi connectivity index (χ0) is 21.4. The van der Waals surface area contributed by atoms with Crippen molar-refractivity contribution >= 4 is 28.8 Å². The molecular weight excluding hydrogens is 427 g/mol. The Morgan fingerprint density at radius 1 is 0.871 bits per heavy atom. The maximum atomic E-state index is 11.9. The lowest BCUT2D eigenvalue weighted by atomic mass is 9.55. The van der Waals surface area contributed by atoms with Crippen molar-refractivity contribution < 1.29 is 9.84 Å². The van der Waals surface area contributed by atoms with E-state index < -0.39 is 5.60 Å². The minimum atomic E-state index is -0.955. The second kappa shape index (κ2) is 8.31. The topological polar surface area (TPSA) is 29.5 Å². The van der Waals surface area contributed by atoms with E-state index >= 15 is 0 Å². The normalized spacial score (nSPS) is 24.7. The average Bonchev–Trinajstić information content (AvgIpc) is 2.78. The molecular formula is C27H22Cl2O2. The van der Waals surface area contributed by atoms with E-state index in [-0.39, 0.29) is 11.8 Å². The minimum Gasteiger partial charge on any atom is -0.384 e. The van der Waals surface area contributed by atoms with Crippen molar-refractivity contribution in [3.05, 3.63) is 117 Å². The summed E-state index contributed by atoms with van der Waals surface area (Å²) < 4.78 is 5.86. The Bertz CT molecular complexity index is 1100. The van der Waals surface area contributed by atoms with Gasteiger partial charge in [0.25, 0.3) is 0 Å². The van der Waals surface area contributed by atoms with E-state index in [4.69, 9.17) is 27.9 Å². The maximum Gasteiger partial charge on any atom is 0.107 e. The molecule has 1 saturated heterocycles. The molecule has 1 aliphatic heterocycles. The van der Waals surface area contributed by atoms with Gasteiger partial charge >= 0.3 is 0 Å². The van der Waals surface area contributed by atoms with Gasteiger partial charge < -0.3 is 9.84 Å². The van der Waals surface area contributed by atoms with Crippen molar-refractivity contribution in [3.8, 4) is 0 Å². The number of fused-ring (bicyclic) bond motifs is 1. The Morgan fingerprint density at radius 3 is 2.03 bits per heavy atom. The predicted octanol–water partition coefficient (Wildman–Crippen LogP) is 6.52. The average molecular weight is 449 g/mol. The molecule has 4 heteroatoms. The molecule has 2 aliphatic rings. The van der Waals surface area contributed by atoms with Gasteiger partial charge in [0, 0.05) is 33.0 Å². The maximum absolute atomic E-state index is 11.9. The summed E-state index contributed by atoms with van der Waals surface area (Å²) in [5.41, 5.74) is 7.40. The second-order valence-electron chi connectivity index (χ2n) is 8.23. The van der Waals surface area contributed by atoms with Gasteiger partial charge in [0.15, 0.2) is 0 Å². The van der Waals surface area contributed by atoms with Crippen LogP contribution in [0.25, 0.3) is 5.57 Å². The summed E-state index contributed by atoms with van der Waals surface area (Å²) >= 11 is 12.2. The van der Waals surface area contributed by atoms with Crippen molar-refractivity contribution in [2.75, 3.05) is 13.2 Å². The van der Waals surface area contributed by atoms with E-state index in [9.17, 15) is 5.11 Å². The number of rotatable bonds is 3. The van der Waals surface area contributed by atoms with Crippen LogP contribution in [-0.2, 0) is 4.74 Å². The van der Waals surface area contributed by atoms with Gasteiger partial charge in [0.05, 0.1) is 13.2 Å². The summed E-state index contributed by atoms with van der Waals surface area (Å²) in [7, 11) is 0. The van der Waals surface area contributed by atoms with Crippen molar-refractivity contribution in [1.29, 1.82) is 0 Å². The molecule has 31 heavy (non-hydrogen) atoms. The zero-order valence-corrected chi connectivity index (χ0v) is 18.4. The van der Waals surface area contributed by atoms with Crippen LogP contribution in [0.2, 0.25) is 10.0 Å². The largest absolute Gasteiger partial charge is 0.384 e. The summed E-state index contributed by atoms with van der Waals surface area (Å²) in [6.07, 6.45) is 0.906. The van der Waals surface area contributed by atoms with Crippen LogP contribution < -0.4 is 0 Å². The molecule has 3 aromatic carbocycles. The van der Waals surface area contributed by atoms with E-state index in [0.29, 0.717) is 23.3 Å². The Morgan fingerprint density at radius 2 is 1.45 bits per heavy atom. The van der Waals surface area contributed by atoms with Crippen LogP contribution in [-0.4, -0.2) is 23.9 Å². The molecule has 3 atom stereocenters. The highest BCUT2D eigenvalue weighted by atomic mass is 35.5. The Balaban J connectivity index is 1.68. The molecule has 0 unspecified atom stereocenters. The number of hydrogen-bond acceptors (Lipinski definition) is 2. The van der Waals surface area contributed by atoms with Gasteiger partial charge in [-0.2, -0.15) is 0 Å². The van der Waals surface area contributed by atoms with E-state index in [1.54, 1.807) is 0 Å². The van der Waals surface area contributed by atoms with Crippen molar-refractivity contribution in [2.45, 2.75) is 17.9 Å². The molecule has 1 aliphatic carbocycles. The molecule has 1 heterocycles. The monoisotopic (exact) mass is 448 g/mol. The first kappa shape index (κ1) is 20.6. The molecule has 2 fully saturated rings. The first-order chi connectivity index (χ1) is 15.1. The molecule has 0 radical (unpaired) electrons. The van der Waals surface area contributed by atoms with Gasteiger partial charge in [-0.15, -0.1) is 5.73 Å². The van der Waals surface area contributed by atoms with E-state index in [1.165, 1.54) is 0 Å². The smallest absolute Gasteiger partial charge is 0.107 e. The van der Waals surface area contributed by atoms with Crippen LogP contribution in [0, 0.1) is 5.92 Å². The number of hydrogen-bond donors (Lipinski definition) is 1. The molecule has 0 amide bonds. The lowest BCUT2D eigenvalue weighted by Gasteiger charge is -2.55. The van der Waals surface area contributed by atoms with Gasteiger partial charge in [0.2, 0.25) is 0 Å². The number of halogens is 2. The highest BCUT2D eigenvalue weighted by Gasteiger charge is 2.58. The number of aliphatic hydroxyl groups is 1. The highest BCUT2D eigenvalue weighted by Crippen LogP contribution is 2.56. The summed E-state index contributed by atoms with van der Waals surface area (Å²) in [5.74, 6) is 0.118. The summed E-state index contributed by atoms with van der Waals surface area (Å²) in [5, 5.41) is 13.2. The molecule has 0 spiro atoms. The minimum absolute atomic E-state index is 0.0433. The van der Waals surface area contributed by atoms with Crippen LogP contribution in [0.5, 0.6) is 0 Å². The molecule has 0 aromatic heterocycles. The number of ether oxygens (including phenoxy) is 1. The van der Waals surface area contributed by atoms with Gasteiger partial charge in [-0.05, 0) is 47.4 Å². The van der Waals surface area contributed by atoms with Crippen LogP contribution in [0.1, 0.15) is 29.0 Å². The molecule has 3 aromatic rings. The van der Waals surface area contributed by atoms with Crippen molar-refractivity contribution in [2.24, 2.45) is 5.92 Å². The molecule has 5 rings (SSSR count). The van der Waals surface area contributed by atoms with Crippen LogP contribution in [0.3, 0.4) is 0 Å². The van der Waals surface area contributed by atoms with Gasteiger partial charge in [0.1, 0.15) is 5.60 Å². The van der Waals surface area contributed by atoms with Crippen molar-refractivity contribution in [3.63, 3.8) is 0 Å². The third-order valence-corrected chi connectivity index (χ3v) is 6.97. The van der Waals surface area contributed by atoms with Gasteiger partial charge in [-0.3, -0.25) is 0 Å². The number of benzene rings is 3. The SMILES string of the molecule is O[C@@]12C(=C=C(c3ccc(Cl)cc3)c3ccc(Cl)cc3)COC[C@@H]1C[C@@H]2c1ccccc1. The Labute approximate surface area is 192 Å². The fourth-order valence-corrected chi connectivity index (χ4v) is 5.00. The second-order valence-corrected chi connectivity index (χ2v) is 9.10. The lowest BCUT2D eigenvalue weighted by molar-refractivity contribution is -0.146. The molecule has 1 saturated carbocycles. The van der Waals surface area contributed by atoms with E-state index in [2.05, 4.69) is 17.9 Å². The highest BCUT2D eigenvalue weighted by molar-refractivity contribution is 6.31. The summed E-state index contributed by atoms with van der Waals surface area (Å²) in [6, 6.07) is 25.6. The predicted molar refractivity (Wildman–Crippen MR) is 125 cm³/mol. The third kappa shape index (κ3) is 3.76. The molecule has 0 bridgehead atoms. The summed E-state index contributed by atoms with van der Waals surface area (Å²) in [6.45, 7) is 0.934. The Hall–Kier alpha value is -2.32. The van der Waals surface area contributed by atoms with Gasteiger partial charge in [-0.25, -0.2) is 0 Å². The first-order valence-electron chi connectivity index (χ1n) is 10.4. The first-order valence-corrected chi connectivity index (χ1v) is 11.2. The van der Waals surface area contributed by atoms with Crippen molar-refractivity contribution in [1.82, 2.24) is 0 Å².